The lowest BCUT2D eigenvalue weighted by Gasteiger charge is -2.12. The highest BCUT2D eigenvalue weighted by molar-refractivity contribution is 7.89. The van der Waals surface area contributed by atoms with Crippen LogP contribution in [0.1, 0.15) is 10.4 Å². The second-order valence-corrected chi connectivity index (χ2v) is 6.75. The third kappa shape index (κ3) is 4.86. The number of nitrogens with one attached hydrogen (secondary N) is 2. The zero-order chi connectivity index (χ0) is 18.4. The van der Waals surface area contributed by atoms with E-state index in [0.29, 0.717) is 11.3 Å². The van der Waals surface area contributed by atoms with Crippen molar-refractivity contribution in [1.29, 1.82) is 0 Å². The average molecular weight is 364 g/mol. The number of rotatable bonds is 7. The molecule has 0 spiro atoms. The summed E-state index contributed by atoms with van der Waals surface area (Å²) in [5.41, 5.74) is 0.831. The van der Waals surface area contributed by atoms with Gasteiger partial charge in [0, 0.05) is 11.3 Å². The highest BCUT2D eigenvalue weighted by atomic mass is 32.2. The third-order valence-corrected chi connectivity index (χ3v) is 4.72. The zero-order valence-electron chi connectivity index (χ0n) is 12.9. The molecular weight excluding hydrogens is 348 g/mol. The van der Waals surface area contributed by atoms with Gasteiger partial charge in [-0.1, -0.05) is 18.2 Å². The van der Waals surface area contributed by atoms with Crippen molar-refractivity contribution in [1.82, 2.24) is 4.72 Å². The maximum Gasteiger partial charge on any atom is 0.324 e. The lowest BCUT2D eigenvalue weighted by molar-refractivity contribution is -0.139. The molecule has 0 saturated heterocycles. The van der Waals surface area contributed by atoms with Crippen LogP contribution in [0.3, 0.4) is 0 Å². The molecule has 0 aliphatic carbocycles. The lowest BCUT2D eigenvalue weighted by atomic mass is 10.2. The second kappa shape index (κ2) is 7.88. The molecule has 132 valence electrons. The zero-order valence-corrected chi connectivity index (χ0v) is 13.7. The minimum atomic E-state index is -4.12. The first-order valence-electron chi connectivity index (χ1n) is 7.16. The van der Waals surface area contributed by atoms with Crippen LogP contribution in [0, 0.1) is 0 Å². The van der Waals surface area contributed by atoms with Crippen molar-refractivity contribution in [3.63, 3.8) is 0 Å². The third-order valence-electron chi connectivity index (χ3n) is 3.24. The van der Waals surface area contributed by atoms with E-state index in [-0.39, 0.29) is 10.8 Å². The Kier molecular flexibility index (Phi) is 5.86. The van der Waals surface area contributed by atoms with Crippen molar-refractivity contribution in [2.75, 3.05) is 11.9 Å². The van der Waals surface area contributed by atoms with E-state index in [4.69, 9.17) is 10.2 Å². The monoisotopic (exact) mass is 364 g/mol. The van der Waals surface area contributed by atoms with Gasteiger partial charge in [-0.25, -0.2) is 8.42 Å². The molecule has 0 bridgehead atoms. The van der Waals surface area contributed by atoms with E-state index in [1.54, 1.807) is 30.3 Å². The minimum Gasteiger partial charge on any atom is -0.480 e. The van der Waals surface area contributed by atoms with Gasteiger partial charge >= 0.3 is 5.97 Å². The van der Waals surface area contributed by atoms with Crippen LogP contribution in [0.15, 0.2) is 59.5 Å². The number of amides is 1. The number of aliphatic hydroxyl groups excluding tert-OH is 1. The summed E-state index contributed by atoms with van der Waals surface area (Å²) in [5, 5.41) is 20.3. The molecule has 8 nitrogen and oxygen atoms in total. The van der Waals surface area contributed by atoms with Crippen molar-refractivity contribution in [3.8, 4) is 0 Å². The number of hydrogen-bond donors (Lipinski definition) is 4. The van der Waals surface area contributed by atoms with Gasteiger partial charge in [0.25, 0.3) is 5.91 Å². The predicted octanol–water partition coefficient (Wildman–Crippen LogP) is 0.663. The summed E-state index contributed by atoms with van der Waals surface area (Å²) < 4.78 is 26.1. The fourth-order valence-corrected chi connectivity index (χ4v) is 3.11. The lowest BCUT2D eigenvalue weighted by Crippen LogP contribution is -2.43. The molecule has 2 aromatic rings. The van der Waals surface area contributed by atoms with Crippen LogP contribution in [-0.2, 0) is 14.8 Å². The molecule has 9 heteroatoms. The van der Waals surface area contributed by atoms with Crippen molar-refractivity contribution in [3.05, 3.63) is 60.2 Å². The van der Waals surface area contributed by atoms with Crippen LogP contribution in [0.25, 0.3) is 0 Å². The number of hydrogen-bond acceptors (Lipinski definition) is 5. The highest BCUT2D eigenvalue weighted by Gasteiger charge is 2.24. The second-order valence-electron chi connectivity index (χ2n) is 5.04. The van der Waals surface area contributed by atoms with Crippen molar-refractivity contribution in [2.45, 2.75) is 10.9 Å². The molecule has 4 N–H and O–H groups in total. The molecule has 1 unspecified atom stereocenters. The summed E-state index contributed by atoms with van der Waals surface area (Å²) in [6, 6.07) is 12.1. The number of carbonyl (C=O) groups is 2. The van der Waals surface area contributed by atoms with E-state index in [1.807, 2.05) is 4.72 Å². The largest absolute Gasteiger partial charge is 0.480 e. The van der Waals surface area contributed by atoms with Crippen LogP contribution >= 0.6 is 0 Å². The standard InChI is InChI=1S/C16H16N2O6S/c19-10-14(16(21)22)18-25(23,24)13-8-6-12(7-9-13)17-15(20)11-4-2-1-3-5-11/h1-9,14,18-19H,10H2,(H,17,20)(H,21,22). The van der Waals surface area contributed by atoms with E-state index in [0.717, 1.165) is 0 Å². The Morgan fingerprint density at radius 1 is 1.00 bits per heavy atom. The number of anilines is 1. The Morgan fingerprint density at radius 2 is 1.60 bits per heavy atom. The molecule has 0 aliphatic heterocycles. The Bertz CT molecular complexity index is 850. The highest BCUT2D eigenvalue weighted by Crippen LogP contribution is 2.15. The summed E-state index contributed by atoms with van der Waals surface area (Å²) in [6.07, 6.45) is 0. The molecule has 0 aliphatic rings. The first-order chi connectivity index (χ1) is 11.8. The fraction of sp³-hybridized carbons (Fsp3) is 0.125. The minimum absolute atomic E-state index is 0.190. The molecule has 0 heterocycles. The van der Waals surface area contributed by atoms with Crippen molar-refractivity contribution >= 4 is 27.6 Å². The van der Waals surface area contributed by atoms with Crippen LogP contribution in [-0.4, -0.2) is 43.2 Å². The number of benzene rings is 2. The van der Waals surface area contributed by atoms with Gasteiger partial charge in [-0.2, -0.15) is 4.72 Å². The van der Waals surface area contributed by atoms with Gasteiger partial charge in [-0.15, -0.1) is 0 Å². The molecule has 0 aromatic heterocycles. The van der Waals surface area contributed by atoms with Crippen molar-refractivity contribution in [2.24, 2.45) is 0 Å². The molecule has 25 heavy (non-hydrogen) atoms. The van der Waals surface area contributed by atoms with Gasteiger partial charge in [0.1, 0.15) is 6.04 Å². The maximum absolute atomic E-state index is 12.1. The molecule has 2 aromatic carbocycles. The molecule has 1 amide bonds. The Labute approximate surface area is 144 Å². The maximum atomic E-state index is 12.1. The van der Waals surface area contributed by atoms with Crippen LogP contribution in [0.2, 0.25) is 0 Å². The number of carboxylic acids is 1. The summed E-state index contributed by atoms with van der Waals surface area (Å²) in [7, 11) is -4.12. The van der Waals surface area contributed by atoms with Gasteiger partial charge in [-0.05, 0) is 36.4 Å². The molecule has 0 saturated carbocycles. The number of aliphatic hydroxyl groups is 1. The van der Waals surface area contributed by atoms with E-state index in [9.17, 15) is 18.0 Å². The van der Waals surface area contributed by atoms with E-state index in [1.165, 1.54) is 24.3 Å². The van der Waals surface area contributed by atoms with Crippen molar-refractivity contribution < 1.29 is 28.2 Å². The summed E-state index contributed by atoms with van der Waals surface area (Å²) >= 11 is 0. The summed E-state index contributed by atoms with van der Waals surface area (Å²) in [4.78, 5) is 22.6. The van der Waals surface area contributed by atoms with E-state index < -0.39 is 28.6 Å². The average Bonchev–Trinajstić information content (AvgIpc) is 2.60. The first kappa shape index (κ1) is 18.6. The number of carbonyl (C=O) groups excluding carboxylic acids is 1. The van der Waals surface area contributed by atoms with E-state index in [2.05, 4.69) is 5.32 Å². The number of sulfonamides is 1. The topological polar surface area (TPSA) is 133 Å². The molecule has 1 atom stereocenters. The smallest absolute Gasteiger partial charge is 0.324 e. The van der Waals surface area contributed by atoms with Crippen LogP contribution < -0.4 is 10.0 Å². The molecule has 0 fully saturated rings. The predicted molar refractivity (Wildman–Crippen MR) is 89.7 cm³/mol. The summed E-state index contributed by atoms with van der Waals surface area (Å²) in [5.74, 6) is -1.83. The Balaban J connectivity index is 2.11. The number of aliphatic carboxylic acids is 1. The Hall–Kier alpha value is -2.75. The summed E-state index contributed by atoms with van der Waals surface area (Å²) in [6.45, 7) is -0.875. The number of carboxylic acid groups (broad SMARTS) is 1. The quantitative estimate of drug-likeness (QED) is 0.570. The van der Waals surface area contributed by atoms with E-state index >= 15 is 0 Å². The van der Waals surface area contributed by atoms with Gasteiger partial charge in [0.05, 0.1) is 11.5 Å². The fourth-order valence-electron chi connectivity index (χ4n) is 1.93. The molecule has 0 radical (unpaired) electrons. The van der Waals surface area contributed by atoms with Gasteiger partial charge in [-0.3, -0.25) is 9.59 Å². The van der Waals surface area contributed by atoms with Gasteiger partial charge in [0.15, 0.2) is 0 Å². The van der Waals surface area contributed by atoms with Gasteiger partial charge < -0.3 is 15.5 Å². The van der Waals surface area contributed by atoms with Crippen LogP contribution in [0.4, 0.5) is 5.69 Å². The first-order valence-corrected chi connectivity index (χ1v) is 8.64. The SMILES string of the molecule is O=C(Nc1ccc(S(=O)(=O)NC(CO)C(=O)O)cc1)c1ccccc1. The normalized spacial score (nSPS) is 12.4. The van der Waals surface area contributed by atoms with Crippen LogP contribution in [0.5, 0.6) is 0 Å². The Morgan fingerprint density at radius 3 is 2.12 bits per heavy atom. The molecule has 2 rings (SSSR count). The van der Waals surface area contributed by atoms with Gasteiger partial charge in [0.2, 0.25) is 10.0 Å². The molecular formula is C16H16N2O6S.